The molecule has 1 amide bonds. The van der Waals surface area contributed by atoms with Crippen molar-refractivity contribution in [3.05, 3.63) is 0 Å². The average Bonchev–Trinajstić information content (AvgIpc) is 2.32. The van der Waals surface area contributed by atoms with Crippen molar-refractivity contribution >= 4 is 17.7 Å². The highest BCUT2D eigenvalue weighted by molar-refractivity contribution is 7.99. The van der Waals surface area contributed by atoms with E-state index < -0.39 is 0 Å². The molecule has 0 saturated carbocycles. The number of carbonyl (C=O) groups is 1. The first-order valence-corrected chi connectivity index (χ1v) is 7.49. The number of thioether (sulfide) groups is 1. The molecule has 0 aromatic heterocycles. The molecule has 2 unspecified atom stereocenters. The summed E-state index contributed by atoms with van der Waals surface area (Å²) in [7, 11) is 0. The van der Waals surface area contributed by atoms with E-state index in [4.69, 9.17) is 5.11 Å². The van der Waals surface area contributed by atoms with Gasteiger partial charge in [0, 0.05) is 24.9 Å². The SMILES string of the molecule is CCC(C)NC(=O)C(C)NCCSCCCO. The fraction of sp³-hybridized carbons (Fsp3) is 0.917. The van der Waals surface area contributed by atoms with E-state index in [9.17, 15) is 4.79 Å². The molecular weight excluding hydrogens is 236 g/mol. The molecule has 4 nitrogen and oxygen atoms in total. The molecule has 0 spiro atoms. The zero-order valence-corrected chi connectivity index (χ0v) is 12.0. The fourth-order valence-electron chi connectivity index (χ4n) is 1.18. The van der Waals surface area contributed by atoms with E-state index in [1.165, 1.54) is 0 Å². The van der Waals surface area contributed by atoms with Gasteiger partial charge in [-0.25, -0.2) is 0 Å². The second kappa shape index (κ2) is 10.9. The van der Waals surface area contributed by atoms with Gasteiger partial charge in [-0.3, -0.25) is 4.79 Å². The molecule has 17 heavy (non-hydrogen) atoms. The van der Waals surface area contributed by atoms with Gasteiger partial charge in [-0.2, -0.15) is 11.8 Å². The van der Waals surface area contributed by atoms with Crippen LogP contribution < -0.4 is 10.6 Å². The average molecular weight is 262 g/mol. The maximum absolute atomic E-state index is 11.7. The van der Waals surface area contributed by atoms with Gasteiger partial charge in [-0.05, 0) is 32.4 Å². The molecule has 102 valence electrons. The number of amides is 1. The van der Waals surface area contributed by atoms with E-state index in [1.807, 2.05) is 13.8 Å². The standard InChI is InChI=1S/C12H26N2O2S/c1-4-10(2)14-12(16)11(3)13-6-9-17-8-5-7-15/h10-11,13,15H,4-9H2,1-3H3,(H,14,16). The third-order valence-electron chi connectivity index (χ3n) is 2.54. The van der Waals surface area contributed by atoms with Crippen molar-refractivity contribution in [2.75, 3.05) is 24.7 Å². The molecule has 0 fully saturated rings. The maximum Gasteiger partial charge on any atom is 0.237 e. The lowest BCUT2D eigenvalue weighted by Gasteiger charge is -2.17. The van der Waals surface area contributed by atoms with Crippen LogP contribution in [0.1, 0.15) is 33.6 Å². The highest BCUT2D eigenvalue weighted by Crippen LogP contribution is 2.00. The van der Waals surface area contributed by atoms with E-state index in [-0.39, 0.29) is 24.6 Å². The summed E-state index contributed by atoms with van der Waals surface area (Å²) in [5.41, 5.74) is 0. The molecule has 0 saturated heterocycles. The van der Waals surface area contributed by atoms with Crippen LogP contribution in [0.15, 0.2) is 0 Å². The Morgan fingerprint density at radius 3 is 2.65 bits per heavy atom. The van der Waals surface area contributed by atoms with Crippen LogP contribution in [0, 0.1) is 0 Å². The second-order valence-corrected chi connectivity index (χ2v) is 5.41. The number of aliphatic hydroxyl groups excluding tert-OH is 1. The molecule has 3 N–H and O–H groups in total. The lowest BCUT2D eigenvalue weighted by molar-refractivity contribution is -0.123. The minimum absolute atomic E-state index is 0.0692. The molecule has 0 radical (unpaired) electrons. The second-order valence-electron chi connectivity index (χ2n) is 4.18. The number of nitrogens with one attached hydrogen (secondary N) is 2. The molecule has 0 rings (SSSR count). The molecule has 0 heterocycles. The Labute approximate surface area is 109 Å². The van der Waals surface area contributed by atoms with Crippen LogP contribution in [0.4, 0.5) is 0 Å². The highest BCUT2D eigenvalue weighted by Gasteiger charge is 2.13. The molecule has 0 aromatic carbocycles. The molecule has 0 aromatic rings. The van der Waals surface area contributed by atoms with E-state index in [2.05, 4.69) is 17.6 Å². The van der Waals surface area contributed by atoms with E-state index in [0.717, 1.165) is 30.9 Å². The molecule has 0 aliphatic rings. The Balaban J connectivity index is 3.50. The monoisotopic (exact) mass is 262 g/mol. The number of hydrogen-bond acceptors (Lipinski definition) is 4. The third kappa shape index (κ3) is 9.44. The van der Waals surface area contributed by atoms with Crippen LogP contribution in [0.2, 0.25) is 0 Å². The van der Waals surface area contributed by atoms with E-state index in [1.54, 1.807) is 11.8 Å². The molecule has 2 atom stereocenters. The van der Waals surface area contributed by atoms with Crippen LogP contribution in [0.3, 0.4) is 0 Å². The lowest BCUT2D eigenvalue weighted by atomic mass is 10.2. The number of carbonyl (C=O) groups excluding carboxylic acids is 1. The van der Waals surface area contributed by atoms with Gasteiger partial charge in [0.2, 0.25) is 5.91 Å². The maximum atomic E-state index is 11.7. The fourth-order valence-corrected chi connectivity index (χ4v) is 1.98. The van der Waals surface area contributed by atoms with E-state index in [0.29, 0.717) is 0 Å². The third-order valence-corrected chi connectivity index (χ3v) is 3.61. The minimum atomic E-state index is -0.137. The summed E-state index contributed by atoms with van der Waals surface area (Å²) >= 11 is 1.80. The van der Waals surface area contributed by atoms with Crippen molar-refractivity contribution in [2.45, 2.75) is 45.7 Å². The van der Waals surface area contributed by atoms with Gasteiger partial charge in [-0.1, -0.05) is 6.92 Å². The largest absolute Gasteiger partial charge is 0.396 e. The van der Waals surface area contributed by atoms with Crippen LogP contribution in [0.25, 0.3) is 0 Å². The van der Waals surface area contributed by atoms with Crippen molar-refractivity contribution in [1.29, 1.82) is 0 Å². The van der Waals surface area contributed by atoms with Gasteiger partial charge in [0.1, 0.15) is 0 Å². The van der Waals surface area contributed by atoms with Crippen LogP contribution in [-0.4, -0.2) is 47.8 Å². The lowest BCUT2D eigenvalue weighted by Crippen LogP contribution is -2.45. The molecule has 0 bridgehead atoms. The zero-order chi connectivity index (χ0) is 13.1. The summed E-state index contributed by atoms with van der Waals surface area (Å²) in [6, 6.07) is 0.105. The van der Waals surface area contributed by atoms with Crippen molar-refractivity contribution < 1.29 is 9.90 Å². The minimum Gasteiger partial charge on any atom is -0.396 e. The van der Waals surface area contributed by atoms with Gasteiger partial charge in [0.05, 0.1) is 6.04 Å². The Morgan fingerprint density at radius 1 is 1.35 bits per heavy atom. The van der Waals surface area contributed by atoms with Gasteiger partial charge >= 0.3 is 0 Å². The smallest absolute Gasteiger partial charge is 0.237 e. The van der Waals surface area contributed by atoms with Gasteiger partial charge in [0.15, 0.2) is 0 Å². The topological polar surface area (TPSA) is 61.4 Å². The van der Waals surface area contributed by atoms with Crippen molar-refractivity contribution in [3.8, 4) is 0 Å². The van der Waals surface area contributed by atoms with Crippen molar-refractivity contribution in [3.63, 3.8) is 0 Å². The highest BCUT2D eigenvalue weighted by atomic mass is 32.2. The summed E-state index contributed by atoms with van der Waals surface area (Å²) < 4.78 is 0. The Kier molecular flexibility index (Phi) is 10.7. The Morgan fingerprint density at radius 2 is 2.06 bits per heavy atom. The number of aliphatic hydroxyl groups is 1. The van der Waals surface area contributed by atoms with Gasteiger partial charge in [-0.15, -0.1) is 0 Å². The van der Waals surface area contributed by atoms with Gasteiger partial charge in [0.25, 0.3) is 0 Å². The molecule has 5 heteroatoms. The predicted molar refractivity (Wildman–Crippen MR) is 74.4 cm³/mol. The first-order chi connectivity index (χ1) is 8.11. The van der Waals surface area contributed by atoms with Crippen molar-refractivity contribution in [2.24, 2.45) is 0 Å². The normalized spacial score (nSPS) is 14.4. The Bertz CT molecular complexity index is 203. The van der Waals surface area contributed by atoms with Crippen LogP contribution in [-0.2, 0) is 4.79 Å². The van der Waals surface area contributed by atoms with Gasteiger partial charge < -0.3 is 15.7 Å². The summed E-state index contributed by atoms with van der Waals surface area (Å²) in [6.45, 7) is 7.03. The molecular formula is C12H26N2O2S. The summed E-state index contributed by atoms with van der Waals surface area (Å²) in [4.78, 5) is 11.7. The van der Waals surface area contributed by atoms with Crippen LogP contribution in [0.5, 0.6) is 0 Å². The first kappa shape index (κ1) is 16.7. The molecule has 0 aliphatic carbocycles. The zero-order valence-electron chi connectivity index (χ0n) is 11.2. The quantitative estimate of drug-likeness (QED) is 0.514. The van der Waals surface area contributed by atoms with Crippen LogP contribution >= 0.6 is 11.8 Å². The number of hydrogen-bond donors (Lipinski definition) is 3. The van der Waals surface area contributed by atoms with E-state index >= 15 is 0 Å². The molecule has 0 aliphatic heterocycles. The summed E-state index contributed by atoms with van der Waals surface area (Å²) in [6.07, 6.45) is 1.80. The summed E-state index contributed by atoms with van der Waals surface area (Å²) in [5.74, 6) is 2.02. The summed E-state index contributed by atoms with van der Waals surface area (Å²) in [5, 5.41) is 14.8. The first-order valence-electron chi connectivity index (χ1n) is 6.34. The predicted octanol–water partition coefficient (Wildman–Crippen LogP) is 0.995. The van der Waals surface area contributed by atoms with Crippen molar-refractivity contribution in [1.82, 2.24) is 10.6 Å². The Hall–Kier alpha value is -0.260. The number of rotatable bonds is 10.